The van der Waals surface area contributed by atoms with Crippen LogP contribution in [0, 0.1) is 5.92 Å². The van der Waals surface area contributed by atoms with E-state index < -0.39 is 0 Å². The van der Waals surface area contributed by atoms with Gasteiger partial charge in [-0.3, -0.25) is 20.1 Å². The highest BCUT2D eigenvalue weighted by Gasteiger charge is 2.17. The molecule has 0 unspecified atom stereocenters. The Bertz CT molecular complexity index is 1710. The van der Waals surface area contributed by atoms with Crippen molar-refractivity contribution in [3.05, 3.63) is 78.9 Å². The number of nitrogens with zero attached hydrogens (tertiary/aromatic N) is 5. The summed E-state index contributed by atoms with van der Waals surface area (Å²) in [5, 5.41) is 12.4. The molecule has 188 valence electrons. The van der Waals surface area contributed by atoms with Gasteiger partial charge in [0.25, 0.3) is 0 Å². The number of pyridine rings is 4. The fourth-order valence-electron chi connectivity index (χ4n) is 5.50. The first-order valence-corrected chi connectivity index (χ1v) is 13.2. The lowest BCUT2D eigenvalue weighted by molar-refractivity contribution is 0.489. The Hall–Kier alpha value is -4.43. The van der Waals surface area contributed by atoms with Crippen molar-refractivity contribution < 1.29 is 0 Å². The molecule has 6 aromatic rings. The minimum Gasteiger partial charge on any atom is -0.353 e. The Morgan fingerprint density at radius 2 is 1.82 bits per heavy atom. The molecule has 0 spiro atoms. The van der Waals surface area contributed by atoms with Crippen molar-refractivity contribution in [1.82, 2.24) is 40.4 Å². The number of hydrogen-bond acceptors (Lipinski definition) is 6. The summed E-state index contributed by atoms with van der Waals surface area (Å²) >= 11 is 0. The fraction of sp³-hybridized carbons (Fsp3) is 0.233. The van der Waals surface area contributed by atoms with Gasteiger partial charge in [-0.15, -0.1) is 0 Å². The summed E-state index contributed by atoms with van der Waals surface area (Å²) in [4.78, 5) is 22.1. The molecule has 0 saturated heterocycles. The van der Waals surface area contributed by atoms with E-state index in [9.17, 15) is 0 Å². The third-order valence-corrected chi connectivity index (χ3v) is 7.45. The van der Waals surface area contributed by atoms with E-state index in [2.05, 4.69) is 47.6 Å². The van der Waals surface area contributed by atoms with Gasteiger partial charge >= 0.3 is 0 Å². The highest BCUT2D eigenvalue weighted by molar-refractivity contribution is 5.98. The van der Waals surface area contributed by atoms with Crippen molar-refractivity contribution in [2.45, 2.75) is 32.2 Å². The van der Waals surface area contributed by atoms with Crippen molar-refractivity contribution in [3.63, 3.8) is 0 Å². The average molecular weight is 501 g/mol. The van der Waals surface area contributed by atoms with Gasteiger partial charge in [-0.05, 0) is 73.3 Å². The Labute approximate surface area is 220 Å². The molecular weight excluding hydrogens is 472 g/mol. The Morgan fingerprint density at radius 1 is 0.868 bits per heavy atom. The minimum absolute atomic E-state index is 0.771. The predicted octanol–water partition coefficient (Wildman–Crippen LogP) is 5.91. The number of hydrogen-bond donors (Lipinski definition) is 3. The van der Waals surface area contributed by atoms with Crippen LogP contribution in [0.3, 0.4) is 0 Å². The van der Waals surface area contributed by atoms with E-state index in [-0.39, 0.29) is 0 Å². The van der Waals surface area contributed by atoms with E-state index in [0.717, 1.165) is 75.0 Å². The van der Waals surface area contributed by atoms with Gasteiger partial charge in [0.2, 0.25) is 0 Å². The molecule has 3 N–H and O–H groups in total. The molecule has 0 aliphatic heterocycles. The van der Waals surface area contributed by atoms with Crippen LogP contribution in [-0.2, 0) is 6.54 Å². The molecule has 0 atom stereocenters. The molecule has 1 fully saturated rings. The second-order valence-corrected chi connectivity index (χ2v) is 10.0. The van der Waals surface area contributed by atoms with E-state index in [1.807, 2.05) is 48.8 Å². The molecule has 1 aliphatic rings. The first-order chi connectivity index (χ1) is 18.8. The second-order valence-electron chi connectivity index (χ2n) is 10.0. The van der Waals surface area contributed by atoms with Gasteiger partial charge < -0.3 is 10.3 Å². The van der Waals surface area contributed by atoms with Gasteiger partial charge in [0.1, 0.15) is 11.2 Å². The highest BCUT2D eigenvalue weighted by Crippen LogP contribution is 2.32. The van der Waals surface area contributed by atoms with Crippen LogP contribution in [0.15, 0.2) is 73.3 Å². The Morgan fingerprint density at radius 3 is 2.71 bits per heavy atom. The van der Waals surface area contributed by atoms with Crippen LogP contribution in [0.25, 0.3) is 56.0 Å². The topological polar surface area (TPSA) is 108 Å². The number of aromatic nitrogens is 7. The smallest absolute Gasteiger partial charge is 0.135 e. The van der Waals surface area contributed by atoms with Gasteiger partial charge in [0, 0.05) is 47.8 Å². The summed E-state index contributed by atoms with van der Waals surface area (Å²) in [7, 11) is 0. The average Bonchev–Trinajstić information content (AvgIpc) is 3.73. The number of rotatable bonds is 7. The molecule has 6 aromatic heterocycles. The van der Waals surface area contributed by atoms with Gasteiger partial charge in [-0.25, -0.2) is 4.98 Å². The van der Waals surface area contributed by atoms with E-state index >= 15 is 0 Å². The summed E-state index contributed by atoms with van der Waals surface area (Å²) in [6.45, 7) is 1.90. The van der Waals surface area contributed by atoms with Crippen molar-refractivity contribution in [2.24, 2.45) is 5.92 Å². The van der Waals surface area contributed by atoms with Gasteiger partial charge in [-0.2, -0.15) is 5.10 Å². The van der Waals surface area contributed by atoms with Crippen LogP contribution in [0.1, 0.15) is 31.2 Å². The van der Waals surface area contributed by atoms with E-state index in [0.29, 0.717) is 0 Å². The first-order valence-electron chi connectivity index (χ1n) is 13.2. The van der Waals surface area contributed by atoms with Crippen LogP contribution in [0.2, 0.25) is 0 Å². The normalized spacial score (nSPS) is 14.1. The molecule has 7 rings (SSSR count). The largest absolute Gasteiger partial charge is 0.353 e. The van der Waals surface area contributed by atoms with Gasteiger partial charge in [0.05, 0.1) is 28.3 Å². The van der Waals surface area contributed by atoms with Crippen molar-refractivity contribution in [3.8, 4) is 34.0 Å². The number of aromatic amines is 2. The maximum atomic E-state index is 5.01. The zero-order valence-corrected chi connectivity index (χ0v) is 21.0. The van der Waals surface area contributed by atoms with E-state index in [1.165, 1.54) is 31.2 Å². The van der Waals surface area contributed by atoms with Crippen LogP contribution in [0.4, 0.5) is 0 Å². The van der Waals surface area contributed by atoms with Crippen LogP contribution in [0.5, 0.6) is 0 Å². The molecule has 6 heterocycles. The fourth-order valence-corrected chi connectivity index (χ4v) is 5.50. The number of H-pyrrole nitrogens is 2. The standard InChI is InChI=1S/C30H28N8/c1-2-6-19(5-1)15-31-16-20-13-21(18-32-17-20)23-8-9-26-29(36-23)30(38-37-26)27-14-22-24(35-27)10-12-34-28(22)25-7-3-4-11-33-25/h3-4,7-14,17-19,31,35H,1-2,5-6,15-16H2,(H,37,38). The minimum atomic E-state index is 0.771. The van der Waals surface area contributed by atoms with E-state index in [1.54, 1.807) is 12.4 Å². The maximum absolute atomic E-state index is 5.01. The zero-order valence-electron chi connectivity index (χ0n) is 21.0. The number of fused-ring (bicyclic) bond motifs is 2. The quantitative estimate of drug-likeness (QED) is 0.252. The molecule has 0 amide bonds. The number of nitrogens with one attached hydrogen (secondary N) is 3. The molecule has 38 heavy (non-hydrogen) atoms. The van der Waals surface area contributed by atoms with Crippen LogP contribution >= 0.6 is 0 Å². The molecule has 1 saturated carbocycles. The molecule has 0 aromatic carbocycles. The lowest BCUT2D eigenvalue weighted by atomic mass is 10.1. The van der Waals surface area contributed by atoms with E-state index in [4.69, 9.17) is 4.98 Å². The molecule has 8 nitrogen and oxygen atoms in total. The molecule has 1 aliphatic carbocycles. The molecule has 0 radical (unpaired) electrons. The Balaban J connectivity index is 1.20. The monoisotopic (exact) mass is 500 g/mol. The SMILES string of the molecule is c1ccc(-c2nccc3[nH]c(-c4n[nH]c5ccc(-c6cncc(CNCC7CCCC7)c6)nc45)cc23)nc1. The zero-order chi connectivity index (χ0) is 25.3. The summed E-state index contributed by atoms with van der Waals surface area (Å²) in [6.07, 6.45) is 12.8. The Kier molecular flexibility index (Phi) is 5.86. The maximum Gasteiger partial charge on any atom is 0.135 e. The third-order valence-electron chi connectivity index (χ3n) is 7.45. The molecule has 8 heteroatoms. The van der Waals surface area contributed by atoms with Crippen molar-refractivity contribution in [2.75, 3.05) is 6.54 Å². The summed E-state index contributed by atoms with van der Waals surface area (Å²) in [5.74, 6) is 0.815. The molecule has 0 bridgehead atoms. The molecular formula is C30H28N8. The summed E-state index contributed by atoms with van der Waals surface area (Å²) in [5.41, 5.74) is 9.03. The third kappa shape index (κ3) is 4.33. The lowest BCUT2D eigenvalue weighted by Crippen LogP contribution is -2.20. The highest BCUT2D eigenvalue weighted by atomic mass is 15.1. The van der Waals surface area contributed by atoms with Gasteiger partial charge in [-0.1, -0.05) is 18.9 Å². The van der Waals surface area contributed by atoms with Crippen LogP contribution in [-0.4, -0.2) is 41.7 Å². The first kappa shape index (κ1) is 22.7. The lowest BCUT2D eigenvalue weighted by Gasteiger charge is -2.11. The predicted molar refractivity (Wildman–Crippen MR) is 149 cm³/mol. The van der Waals surface area contributed by atoms with Crippen molar-refractivity contribution >= 4 is 21.9 Å². The summed E-state index contributed by atoms with van der Waals surface area (Å²) < 4.78 is 0. The van der Waals surface area contributed by atoms with Gasteiger partial charge in [0.15, 0.2) is 0 Å². The second kappa shape index (κ2) is 9.79. The van der Waals surface area contributed by atoms with Crippen molar-refractivity contribution in [1.29, 1.82) is 0 Å². The van der Waals surface area contributed by atoms with Crippen LogP contribution < -0.4 is 5.32 Å². The summed E-state index contributed by atoms with van der Waals surface area (Å²) in [6, 6.07) is 16.1.